The van der Waals surface area contributed by atoms with Crippen LogP contribution in [0.4, 0.5) is 0 Å². The van der Waals surface area contributed by atoms with Crippen LogP contribution in [-0.4, -0.2) is 52.6 Å². The van der Waals surface area contributed by atoms with Crippen LogP contribution in [0.2, 0.25) is 0 Å². The van der Waals surface area contributed by atoms with Gasteiger partial charge in [-0.15, -0.1) is 0 Å². The van der Waals surface area contributed by atoms with E-state index in [4.69, 9.17) is 9.47 Å². The number of rotatable bonds is 5. The number of ketones is 1. The van der Waals surface area contributed by atoms with E-state index in [2.05, 4.69) is 4.90 Å². The molecule has 2 aromatic rings. The molecule has 1 saturated heterocycles. The molecule has 3 fully saturated rings. The zero-order valence-corrected chi connectivity index (χ0v) is 19.2. The number of ether oxygens (including phenoxy) is 2. The number of benzene rings is 2. The summed E-state index contributed by atoms with van der Waals surface area (Å²) in [6.07, 6.45) is 4.26. The van der Waals surface area contributed by atoms with Crippen LogP contribution in [0, 0.1) is 5.92 Å². The number of nitrogens with zero attached hydrogens (tertiary/aromatic N) is 1. The highest BCUT2D eigenvalue weighted by atomic mass is 16.6. The van der Waals surface area contributed by atoms with E-state index in [1.807, 2.05) is 36.4 Å². The van der Waals surface area contributed by atoms with E-state index in [0.29, 0.717) is 30.9 Å². The minimum absolute atomic E-state index is 0.00349. The Morgan fingerprint density at radius 2 is 1.97 bits per heavy atom. The van der Waals surface area contributed by atoms with Gasteiger partial charge in [0.2, 0.25) is 0 Å². The molecule has 2 bridgehead atoms. The second kappa shape index (κ2) is 7.08. The molecule has 1 N–H and O–H groups in total. The lowest BCUT2D eigenvalue weighted by Gasteiger charge is -2.63. The number of hydrogen-bond acceptors (Lipinski definition) is 6. The molecule has 176 valence electrons. The van der Waals surface area contributed by atoms with E-state index in [1.165, 1.54) is 12.8 Å². The predicted octanol–water partition coefficient (Wildman–Crippen LogP) is 3.32. The summed E-state index contributed by atoms with van der Waals surface area (Å²) in [7, 11) is 0. The Labute approximate surface area is 198 Å². The Kier molecular flexibility index (Phi) is 4.27. The molecule has 0 unspecified atom stereocenters. The monoisotopic (exact) mass is 459 g/mol. The minimum atomic E-state index is -0.837. The Hall–Kier alpha value is -2.86. The van der Waals surface area contributed by atoms with Crippen molar-refractivity contribution in [1.29, 1.82) is 0 Å². The van der Waals surface area contributed by atoms with Crippen LogP contribution in [0.1, 0.15) is 48.8 Å². The molecular weight excluding hydrogens is 430 g/mol. The van der Waals surface area contributed by atoms with Gasteiger partial charge in [0.25, 0.3) is 0 Å². The third kappa shape index (κ3) is 2.66. The predicted molar refractivity (Wildman–Crippen MR) is 124 cm³/mol. The standard InChI is InChI=1S/C28H29NO5/c30-20-9-8-19-15-22-28(34-23(32)14-17-4-2-1-3-5-17)11-10-21(31)26-27(28,24(19)25(20)33-26)12-13-29(22)16-18-6-7-18/h1-5,8-9,18,22,26,30H,6-7,10-16H2/t22-,26+,27+,28-/m1/s1. The van der Waals surface area contributed by atoms with E-state index in [0.717, 1.165) is 36.2 Å². The Balaban J connectivity index is 1.37. The van der Waals surface area contributed by atoms with Gasteiger partial charge in [-0.05, 0) is 61.8 Å². The third-order valence-corrected chi connectivity index (χ3v) is 9.01. The molecule has 5 aliphatic rings. The van der Waals surface area contributed by atoms with Crippen molar-refractivity contribution < 1.29 is 24.2 Å². The summed E-state index contributed by atoms with van der Waals surface area (Å²) < 4.78 is 12.9. The van der Waals surface area contributed by atoms with Gasteiger partial charge in [0.1, 0.15) is 5.60 Å². The molecule has 2 saturated carbocycles. The fraction of sp³-hybridized carbons (Fsp3) is 0.500. The summed E-state index contributed by atoms with van der Waals surface area (Å²) in [4.78, 5) is 29.3. The lowest BCUT2D eigenvalue weighted by Crippen LogP contribution is -2.77. The van der Waals surface area contributed by atoms with Gasteiger partial charge in [-0.25, -0.2) is 0 Å². The number of piperidine rings is 1. The van der Waals surface area contributed by atoms with Gasteiger partial charge in [0.15, 0.2) is 23.4 Å². The van der Waals surface area contributed by atoms with E-state index in [1.54, 1.807) is 6.07 Å². The summed E-state index contributed by atoms with van der Waals surface area (Å²) in [5.41, 5.74) is 1.38. The highest BCUT2D eigenvalue weighted by Gasteiger charge is 2.75. The minimum Gasteiger partial charge on any atom is -0.504 e. The second-order valence-corrected chi connectivity index (χ2v) is 10.8. The van der Waals surface area contributed by atoms with Crippen molar-refractivity contribution in [3.63, 3.8) is 0 Å². The molecule has 0 amide bonds. The van der Waals surface area contributed by atoms with E-state index >= 15 is 0 Å². The van der Waals surface area contributed by atoms with Gasteiger partial charge in [-0.3, -0.25) is 14.5 Å². The number of likely N-dealkylation sites (tertiary alicyclic amines) is 1. The fourth-order valence-corrected chi connectivity index (χ4v) is 7.44. The van der Waals surface area contributed by atoms with Crippen LogP contribution in [0.3, 0.4) is 0 Å². The van der Waals surface area contributed by atoms with Crippen LogP contribution in [0.25, 0.3) is 0 Å². The number of carbonyl (C=O) groups excluding carboxylic acids is 2. The lowest BCUT2D eigenvalue weighted by molar-refractivity contribution is -0.215. The molecular formula is C28H29NO5. The largest absolute Gasteiger partial charge is 0.504 e. The molecule has 0 aromatic heterocycles. The molecule has 2 aliphatic heterocycles. The Morgan fingerprint density at radius 1 is 1.15 bits per heavy atom. The topological polar surface area (TPSA) is 76.1 Å². The van der Waals surface area contributed by atoms with Crippen molar-refractivity contribution in [3.05, 3.63) is 59.2 Å². The molecule has 0 radical (unpaired) electrons. The van der Waals surface area contributed by atoms with Crippen LogP contribution in [-0.2, 0) is 32.6 Å². The molecule has 6 nitrogen and oxygen atoms in total. The fourth-order valence-electron chi connectivity index (χ4n) is 7.44. The average molecular weight is 460 g/mol. The number of phenolic OH excluding ortho intramolecular Hbond substituents is 1. The summed E-state index contributed by atoms with van der Waals surface area (Å²) in [5, 5.41) is 10.7. The van der Waals surface area contributed by atoms with Crippen LogP contribution in [0.15, 0.2) is 42.5 Å². The molecule has 1 spiro atoms. The van der Waals surface area contributed by atoms with E-state index in [-0.39, 0.29) is 30.0 Å². The van der Waals surface area contributed by atoms with Crippen molar-refractivity contribution in [1.82, 2.24) is 4.90 Å². The van der Waals surface area contributed by atoms with Gasteiger partial charge in [-0.1, -0.05) is 36.4 Å². The third-order valence-electron chi connectivity index (χ3n) is 9.01. The molecule has 6 heteroatoms. The first kappa shape index (κ1) is 20.5. The van der Waals surface area contributed by atoms with Crippen molar-refractivity contribution in [3.8, 4) is 11.5 Å². The van der Waals surface area contributed by atoms with Gasteiger partial charge < -0.3 is 14.6 Å². The quantitative estimate of drug-likeness (QED) is 0.692. The average Bonchev–Trinajstić information content (AvgIpc) is 3.57. The van der Waals surface area contributed by atoms with Crippen molar-refractivity contribution in [2.24, 2.45) is 5.92 Å². The van der Waals surface area contributed by atoms with Crippen molar-refractivity contribution in [2.75, 3.05) is 13.1 Å². The van der Waals surface area contributed by atoms with Gasteiger partial charge in [0.05, 0.1) is 17.9 Å². The van der Waals surface area contributed by atoms with Gasteiger partial charge in [-0.2, -0.15) is 0 Å². The summed E-state index contributed by atoms with van der Waals surface area (Å²) in [6, 6.07) is 13.3. The van der Waals surface area contributed by atoms with E-state index in [9.17, 15) is 14.7 Å². The molecule has 3 aliphatic carbocycles. The number of phenols is 1. The van der Waals surface area contributed by atoms with Crippen LogP contribution < -0.4 is 4.74 Å². The molecule has 2 heterocycles. The molecule has 2 aromatic carbocycles. The first-order valence-corrected chi connectivity index (χ1v) is 12.6. The number of hydrogen-bond donors (Lipinski definition) is 1. The summed E-state index contributed by atoms with van der Waals surface area (Å²) >= 11 is 0. The molecule has 7 rings (SSSR count). The second-order valence-electron chi connectivity index (χ2n) is 10.8. The number of esters is 1. The SMILES string of the molecule is O=C(Cc1ccccc1)O[C@@]12CCC(=O)[C@@H]3Oc4c(O)ccc5c4[C@@]31CCN(CC1CC1)[C@@H]2C5. The van der Waals surface area contributed by atoms with Crippen LogP contribution >= 0.6 is 0 Å². The Bertz CT molecular complexity index is 1190. The maximum atomic E-state index is 13.5. The van der Waals surface area contributed by atoms with Crippen LogP contribution in [0.5, 0.6) is 11.5 Å². The normalized spacial score (nSPS) is 33.2. The first-order valence-electron chi connectivity index (χ1n) is 12.6. The number of aromatic hydroxyl groups is 1. The highest BCUT2D eigenvalue weighted by molar-refractivity contribution is 5.90. The van der Waals surface area contributed by atoms with E-state index < -0.39 is 17.1 Å². The molecule has 4 atom stereocenters. The maximum Gasteiger partial charge on any atom is 0.310 e. The zero-order valence-electron chi connectivity index (χ0n) is 19.2. The highest BCUT2D eigenvalue weighted by Crippen LogP contribution is 2.66. The van der Waals surface area contributed by atoms with Crippen molar-refractivity contribution >= 4 is 11.8 Å². The summed E-state index contributed by atoms with van der Waals surface area (Å²) in [6.45, 7) is 1.86. The van der Waals surface area contributed by atoms with Crippen molar-refractivity contribution in [2.45, 2.75) is 68.1 Å². The Morgan fingerprint density at radius 3 is 2.76 bits per heavy atom. The summed E-state index contributed by atoms with van der Waals surface area (Å²) in [5.74, 6) is 0.999. The number of Topliss-reactive ketones (excluding diaryl/α,β-unsaturated/α-hetero) is 1. The van der Waals surface area contributed by atoms with Gasteiger partial charge in [0, 0.05) is 18.5 Å². The lowest BCUT2D eigenvalue weighted by atomic mass is 9.48. The number of carbonyl (C=O) groups is 2. The molecule has 34 heavy (non-hydrogen) atoms. The smallest absolute Gasteiger partial charge is 0.310 e. The maximum absolute atomic E-state index is 13.5. The van der Waals surface area contributed by atoms with Gasteiger partial charge >= 0.3 is 5.97 Å². The zero-order chi connectivity index (χ0) is 23.1. The first-order chi connectivity index (χ1) is 16.5.